The van der Waals surface area contributed by atoms with Crippen LogP contribution >= 0.6 is 0 Å². The molecule has 0 heterocycles. The van der Waals surface area contributed by atoms with Crippen molar-refractivity contribution < 1.29 is 4.79 Å². The summed E-state index contributed by atoms with van der Waals surface area (Å²) >= 11 is 0. The largest absolute Gasteiger partial charge is 0.352 e. The molecular weight excluding hydrogens is 210 g/mol. The molecule has 0 fully saturated rings. The van der Waals surface area contributed by atoms with Crippen LogP contribution in [0.2, 0.25) is 0 Å². The van der Waals surface area contributed by atoms with Crippen LogP contribution in [0.15, 0.2) is 42.5 Å². The standard InChI is InChI=1S/C15H21NO/c1-4-10-15(2,3)11-14(16-12-17)13-8-6-5-7-9-13/h4-10,12,14H,11H2,1-3H3,(H,16,17). The van der Waals surface area contributed by atoms with Crippen LogP contribution in [-0.4, -0.2) is 6.41 Å². The molecule has 1 amide bonds. The first kappa shape index (κ1) is 13.5. The van der Waals surface area contributed by atoms with Gasteiger partial charge in [0.05, 0.1) is 6.04 Å². The number of hydrogen-bond acceptors (Lipinski definition) is 1. The van der Waals surface area contributed by atoms with Gasteiger partial charge < -0.3 is 5.32 Å². The summed E-state index contributed by atoms with van der Waals surface area (Å²) < 4.78 is 0. The van der Waals surface area contributed by atoms with E-state index >= 15 is 0 Å². The van der Waals surface area contributed by atoms with Crippen LogP contribution in [0, 0.1) is 5.41 Å². The van der Waals surface area contributed by atoms with Crippen LogP contribution in [0.3, 0.4) is 0 Å². The smallest absolute Gasteiger partial charge is 0.207 e. The van der Waals surface area contributed by atoms with Gasteiger partial charge in [-0.05, 0) is 24.3 Å². The molecule has 0 aliphatic heterocycles. The maximum atomic E-state index is 10.7. The lowest BCUT2D eigenvalue weighted by atomic mass is 9.83. The monoisotopic (exact) mass is 231 g/mol. The van der Waals surface area contributed by atoms with E-state index in [-0.39, 0.29) is 11.5 Å². The van der Waals surface area contributed by atoms with Gasteiger partial charge >= 0.3 is 0 Å². The molecule has 0 spiro atoms. The van der Waals surface area contributed by atoms with E-state index in [0.29, 0.717) is 0 Å². The quantitative estimate of drug-likeness (QED) is 0.589. The molecule has 0 bridgehead atoms. The molecule has 2 nitrogen and oxygen atoms in total. The molecule has 1 aromatic rings. The lowest BCUT2D eigenvalue weighted by Crippen LogP contribution is -2.25. The number of carbonyl (C=O) groups is 1. The van der Waals surface area contributed by atoms with Crippen LogP contribution < -0.4 is 5.32 Å². The van der Waals surface area contributed by atoms with Crippen molar-refractivity contribution >= 4 is 6.41 Å². The topological polar surface area (TPSA) is 29.1 Å². The maximum absolute atomic E-state index is 10.7. The first-order chi connectivity index (χ1) is 8.09. The van der Waals surface area contributed by atoms with Gasteiger partial charge in [-0.25, -0.2) is 0 Å². The number of benzene rings is 1. The van der Waals surface area contributed by atoms with Crippen LogP contribution in [0.4, 0.5) is 0 Å². The molecule has 17 heavy (non-hydrogen) atoms. The van der Waals surface area contributed by atoms with Gasteiger partial charge in [0.25, 0.3) is 0 Å². The molecule has 0 aromatic heterocycles. The van der Waals surface area contributed by atoms with E-state index in [1.54, 1.807) is 0 Å². The molecule has 1 rings (SSSR count). The summed E-state index contributed by atoms with van der Waals surface area (Å²) in [5.74, 6) is 0. The Labute approximate surface area is 104 Å². The van der Waals surface area contributed by atoms with E-state index in [1.807, 2.05) is 37.3 Å². The highest BCUT2D eigenvalue weighted by Crippen LogP contribution is 2.30. The summed E-state index contributed by atoms with van der Waals surface area (Å²) in [6.45, 7) is 6.37. The van der Waals surface area contributed by atoms with Crippen LogP contribution in [0.25, 0.3) is 0 Å². The Balaban J connectivity index is 2.84. The number of allylic oxidation sites excluding steroid dienone is 2. The first-order valence-electron chi connectivity index (χ1n) is 5.97. The molecule has 0 aliphatic rings. The van der Waals surface area contributed by atoms with Crippen molar-refractivity contribution in [3.63, 3.8) is 0 Å². The summed E-state index contributed by atoms with van der Waals surface area (Å²) in [6, 6.07) is 10.1. The number of amides is 1. The van der Waals surface area contributed by atoms with Crippen molar-refractivity contribution in [2.45, 2.75) is 33.2 Å². The van der Waals surface area contributed by atoms with Gasteiger partial charge in [-0.3, -0.25) is 4.79 Å². The number of nitrogens with one attached hydrogen (secondary N) is 1. The molecule has 1 atom stereocenters. The predicted molar refractivity (Wildman–Crippen MR) is 71.6 cm³/mol. The Hall–Kier alpha value is -1.57. The molecule has 0 saturated heterocycles. The Morgan fingerprint density at radius 3 is 2.47 bits per heavy atom. The minimum absolute atomic E-state index is 0.0694. The lowest BCUT2D eigenvalue weighted by molar-refractivity contribution is -0.110. The Morgan fingerprint density at radius 1 is 1.29 bits per heavy atom. The molecule has 1 N–H and O–H groups in total. The van der Waals surface area contributed by atoms with E-state index in [0.717, 1.165) is 18.4 Å². The third kappa shape index (κ3) is 4.43. The minimum atomic E-state index is 0.0694. The third-order valence-corrected chi connectivity index (χ3v) is 2.82. The SMILES string of the molecule is CC=CC(C)(C)CC(NC=O)c1ccccc1. The van der Waals surface area contributed by atoms with Crippen molar-refractivity contribution in [2.24, 2.45) is 5.41 Å². The van der Waals surface area contributed by atoms with E-state index in [4.69, 9.17) is 0 Å². The molecule has 0 aliphatic carbocycles. The van der Waals surface area contributed by atoms with Gasteiger partial charge in [0, 0.05) is 0 Å². The molecule has 92 valence electrons. The molecule has 2 heteroatoms. The zero-order chi connectivity index (χ0) is 12.7. The van der Waals surface area contributed by atoms with E-state index in [1.165, 1.54) is 0 Å². The van der Waals surface area contributed by atoms with Crippen molar-refractivity contribution in [1.82, 2.24) is 5.32 Å². The number of rotatable bonds is 6. The van der Waals surface area contributed by atoms with Crippen molar-refractivity contribution in [3.05, 3.63) is 48.0 Å². The molecular formula is C15H21NO. The van der Waals surface area contributed by atoms with Gasteiger partial charge in [-0.1, -0.05) is 56.3 Å². The normalized spacial score (nSPS) is 13.6. The highest BCUT2D eigenvalue weighted by Gasteiger charge is 2.21. The second kappa shape index (κ2) is 6.24. The second-order valence-corrected chi connectivity index (χ2v) is 4.94. The number of hydrogen-bond donors (Lipinski definition) is 1. The summed E-state index contributed by atoms with van der Waals surface area (Å²) in [5.41, 5.74) is 1.22. The van der Waals surface area contributed by atoms with Gasteiger partial charge in [-0.2, -0.15) is 0 Å². The molecule has 1 aromatic carbocycles. The van der Waals surface area contributed by atoms with Gasteiger partial charge in [0.2, 0.25) is 6.41 Å². The summed E-state index contributed by atoms with van der Waals surface area (Å²) in [7, 11) is 0. The van der Waals surface area contributed by atoms with E-state index in [9.17, 15) is 4.79 Å². The fourth-order valence-corrected chi connectivity index (χ4v) is 2.09. The molecule has 0 saturated carbocycles. The zero-order valence-electron chi connectivity index (χ0n) is 10.8. The van der Waals surface area contributed by atoms with Crippen molar-refractivity contribution in [1.29, 1.82) is 0 Å². The van der Waals surface area contributed by atoms with Gasteiger partial charge in [0.15, 0.2) is 0 Å². The van der Waals surface area contributed by atoms with Crippen LogP contribution in [0.1, 0.15) is 38.8 Å². The molecule has 1 unspecified atom stereocenters. The molecule has 0 radical (unpaired) electrons. The van der Waals surface area contributed by atoms with Crippen molar-refractivity contribution in [3.8, 4) is 0 Å². The predicted octanol–water partition coefficient (Wildman–Crippen LogP) is 3.47. The van der Waals surface area contributed by atoms with E-state index in [2.05, 4.69) is 31.3 Å². The zero-order valence-corrected chi connectivity index (χ0v) is 10.8. The second-order valence-electron chi connectivity index (χ2n) is 4.94. The Kier molecular flexibility index (Phi) is 4.95. The fraction of sp³-hybridized carbons (Fsp3) is 0.400. The Bertz CT molecular complexity index is 368. The van der Waals surface area contributed by atoms with Crippen molar-refractivity contribution in [2.75, 3.05) is 0 Å². The minimum Gasteiger partial charge on any atom is -0.352 e. The van der Waals surface area contributed by atoms with E-state index < -0.39 is 0 Å². The van der Waals surface area contributed by atoms with Crippen LogP contribution in [0.5, 0.6) is 0 Å². The first-order valence-corrected chi connectivity index (χ1v) is 5.97. The maximum Gasteiger partial charge on any atom is 0.207 e. The average molecular weight is 231 g/mol. The Morgan fingerprint density at radius 2 is 1.94 bits per heavy atom. The van der Waals surface area contributed by atoms with Crippen LogP contribution in [-0.2, 0) is 4.79 Å². The number of carbonyl (C=O) groups excluding carboxylic acids is 1. The summed E-state index contributed by atoms with van der Waals surface area (Å²) in [4.78, 5) is 10.7. The third-order valence-electron chi connectivity index (χ3n) is 2.82. The van der Waals surface area contributed by atoms with Gasteiger partial charge in [0.1, 0.15) is 0 Å². The lowest BCUT2D eigenvalue weighted by Gasteiger charge is -2.27. The highest BCUT2D eigenvalue weighted by molar-refractivity contribution is 5.47. The van der Waals surface area contributed by atoms with Gasteiger partial charge in [-0.15, -0.1) is 0 Å². The summed E-state index contributed by atoms with van der Waals surface area (Å²) in [6.07, 6.45) is 5.90. The average Bonchev–Trinajstić information content (AvgIpc) is 2.29. The summed E-state index contributed by atoms with van der Waals surface area (Å²) in [5, 5.41) is 2.90. The fourth-order valence-electron chi connectivity index (χ4n) is 2.09. The highest BCUT2D eigenvalue weighted by atomic mass is 16.1.